The topological polar surface area (TPSA) is 90.0 Å². The molecule has 1 fully saturated rings. The maximum Gasteiger partial charge on any atom is 0.283 e. The summed E-state index contributed by atoms with van der Waals surface area (Å²) < 4.78 is 12.0. The van der Waals surface area contributed by atoms with Crippen molar-refractivity contribution in [1.82, 2.24) is 4.98 Å². The minimum atomic E-state index is -0.754. The van der Waals surface area contributed by atoms with E-state index in [1.807, 2.05) is 25.1 Å². The molecule has 2 aromatic rings. The van der Waals surface area contributed by atoms with Crippen molar-refractivity contribution in [3.8, 4) is 16.9 Å². The zero-order valence-electron chi connectivity index (χ0n) is 15.6. The van der Waals surface area contributed by atoms with Crippen molar-refractivity contribution in [2.24, 2.45) is 16.6 Å². The van der Waals surface area contributed by atoms with Gasteiger partial charge in [0.1, 0.15) is 24.0 Å². The van der Waals surface area contributed by atoms with Crippen molar-refractivity contribution in [2.45, 2.75) is 43.4 Å². The van der Waals surface area contributed by atoms with E-state index in [2.05, 4.69) is 11.1 Å². The minimum Gasteiger partial charge on any atom is -0.490 e. The second-order valence-corrected chi connectivity index (χ2v) is 8.70. The van der Waals surface area contributed by atoms with Gasteiger partial charge in [-0.05, 0) is 49.9 Å². The van der Waals surface area contributed by atoms with Gasteiger partial charge < -0.3 is 20.3 Å². The number of amidine groups is 1. The number of fused-ring (bicyclic) bond motifs is 4. The Morgan fingerprint density at radius 3 is 2.86 bits per heavy atom. The molecule has 3 heterocycles. The zero-order valence-corrected chi connectivity index (χ0v) is 16.3. The first kappa shape index (κ1) is 17.8. The van der Waals surface area contributed by atoms with Crippen molar-refractivity contribution < 1.29 is 14.6 Å². The third-order valence-electron chi connectivity index (χ3n) is 6.20. The molecule has 2 aliphatic heterocycles. The van der Waals surface area contributed by atoms with E-state index in [4.69, 9.17) is 31.8 Å². The normalized spacial score (nSPS) is 33.5. The van der Waals surface area contributed by atoms with Crippen LogP contribution in [-0.4, -0.2) is 34.4 Å². The number of ether oxygens (including phenoxy) is 2. The van der Waals surface area contributed by atoms with Crippen molar-refractivity contribution in [3.05, 3.63) is 47.2 Å². The highest BCUT2D eigenvalue weighted by Gasteiger charge is 2.57. The second kappa shape index (κ2) is 6.09. The molecule has 0 amide bonds. The summed E-state index contributed by atoms with van der Waals surface area (Å²) in [5.41, 5.74) is 7.36. The van der Waals surface area contributed by atoms with Gasteiger partial charge in [0, 0.05) is 29.4 Å². The average Bonchev–Trinajstić information content (AvgIpc) is 3.05. The van der Waals surface area contributed by atoms with E-state index >= 15 is 0 Å². The Morgan fingerprint density at radius 2 is 2.11 bits per heavy atom. The highest BCUT2D eigenvalue weighted by Crippen LogP contribution is 2.54. The van der Waals surface area contributed by atoms with Crippen LogP contribution in [0.15, 0.2) is 41.7 Å². The van der Waals surface area contributed by atoms with E-state index in [0.29, 0.717) is 24.5 Å². The van der Waals surface area contributed by atoms with E-state index in [1.54, 1.807) is 12.4 Å². The predicted octanol–water partition coefficient (Wildman–Crippen LogP) is 3.25. The summed E-state index contributed by atoms with van der Waals surface area (Å²) in [6.07, 6.45) is 5.42. The van der Waals surface area contributed by atoms with Gasteiger partial charge in [0.25, 0.3) is 6.02 Å². The largest absolute Gasteiger partial charge is 0.490 e. The molecule has 1 aromatic carbocycles. The quantitative estimate of drug-likeness (QED) is 0.768. The summed E-state index contributed by atoms with van der Waals surface area (Å²) in [6.45, 7) is 2.23. The molecule has 3 aliphatic rings. The number of nitrogens with zero attached hydrogens (tertiary/aromatic N) is 2. The lowest BCUT2D eigenvalue weighted by Crippen LogP contribution is -2.54. The van der Waals surface area contributed by atoms with Crippen LogP contribution >= 0.6 is 11.6 Å². The lowest BCUT2D eigenvalue weighted by atomic mass is 9.64. The molecule has 6 nitrogen and oxygen atoms in total. The first-order valence-corrected chi connectivity index (χ1v) is 9.87. The summed E-state index contributed by atoms with van der Waals surface area (Å²) in [7, 11) is 0. The van der Waals surface area contributed by atoms with Gasteiger partial charge in [0.05, 0.1) is 10.6 Å². The molecule has 1 spiro atoms. The van der Waals surface area contributed by atoms with E-state index in [9.17, 15) is 5.11 Å². The fraction of sp³-hybridized carbons (Fsp3) is 0.429. The Kier molecular flexibility index (Phi) is 3.87. The number of hydrogen-bond acceptors (Lipinski definition) is 6. The molecular formula is C21H22ClN3O3. The number of rotatable bonds is 1. The maximum atomic E-state index is 10.7. The van der Waals surface area contributed by atoms with Gasteiger partial charge in [0.2, 0.25) is 0 Å². The Bertz CT molecular complexity index is 977. The Balaban J connectivity index is 1.66. The number of hydrogen-bond donors (Lipinski definition) is 2. The van der Waals surface area contributed by atoms with Gasteiger partial charge in [-0.3, -0.25) is 4.98 Å². The molecular weight excluding hydrogens is 378 g/mol. The summed E-state index contributed by atoms with van der Waals surface area (Å²) in [6, 6.07) is 8.10. The monoisotopic (exact) mass is 399 g/mol. The lowest BCUT2D eigenvalue weighted by Gasteiger charge is -2.49. The fourth-order valence-corrected chi connectivity index (χ4v) is 5.01. The van der Waals surface area contributed by atoms with Gasteiger partial charge in [-0.1, -0.05) is 17.7 Å². The third kappa shape index (κ3) is 2.74. The average molecular weight is 400 g/mol. The zero-order chi connectivity index (χ0) is 19.5. The highest BCUT2D eigenvalue weighted by atomic mass is 35.5. The van der Waals surface area contributed by atoms with Crippen molar-refractivity contribution in [3.63, 3.8) is 0 Å². The summed E-state index contributed by atoms with van der Waals surface area (Å²) in [5, 5.41) is 11.3. The van der Waals surface area contributed by atoms with E-state index in [1.165, 1.54) is 0 Å². The molecule has 0 radical (unpaired) electrons. The molecule has 3 N–H and O–H groups in total. The van der Waals surface area contributed by atoms with Crippen LogP contribution in [-0.2, 0) is 10.3 Å². The molecule has 1 aromatic heterocycles. The van der Waals surface area contributed by atoms with Crippen molar-refractivity contribution >= 4 is 17.6 Å². The molecule has 7 heteroatoms. The molecule has 1 aliphatic carbocycles. The molecule has 28 heavy (non-hydrogen) atoms. The van der Waals surface area contributed by atoms with Gasteiger partial charge >= 0.3 is 0 Å². The first-order valence-electron chi connectivity index (χ1n) is 9.49. The van der Waals surface area contributed by atoms with Crippen LogP contribution in [0.2, 0.25) is 5.02 Å². The van der Waals surface area contributed by atoms with Crippen LogP contribution in [0.3, 0.4) is 0 Å². The van der Waals surface area contributed by atoms with Crippen LogP contribution in [0, 0.1) is 5.92 Å². The van der Waals surface area contributed by atoms with E-state index in [-0.39, 0.29) is 18.0 Å². The number of aromatic nitrogens is 1. The van der Waals surface area contributed by atoms with Crippen LogP contribution in [0.5, 0.6) is 5.75 Å². The van der Waals surface area contributed by atoms with E-state index in [0.717, 1.165) is 28.9 Å². The Hall–Kier alpha value is -2.31. The van der Waals surface area contributed by atoms with Crippen LogP contribution in [0.1, 0.15) is 31.7 Å². The van der Waals surface area contributed by atoms with Crippen molar-refractivity contribution in [1.29, 1.82) is 0 Å². The van der Waals surface area contributed by atoms with Gasteiger partial charge in [-0.15, -0.1) is 0 Å². The number of halogens is 1. The smallest absolute Gasteiger partial charge is 0.283 e. The van der Waals surface area contributed by atoms with Crippen LogP contribution in [0.25, 0.3) is 11.1 Å². The number of pyridine rings is 1. The van der Waals surface area contributed by atoms with Crippen LogP contribution < -0.4 is 10.5 Å². The molecule has 1 unspecified atom stereocenters. The summed E-state index contributed by atoms with van der Waals surface area (Å²) in [4.78, 5) is 8.95. The summed E-state index contributed by atoms with van der Waals surface area (Å²) in [5.74, 6) is 0.779. The van der Waals surface area contributed by atoms with Gasteiger partial charge in [-0.2, -0.15) is 0 Å². The molecule has 1 saturated carbocycles. The Labute approximate surface area is 168 Å². The number of aliphatic imine (C=N–C) groups is 1. The maximum absolute atomic E-state index is 10.7. The standard InChI is InChI=1S/C21H22ClN3O3/c1-20(26)5-4-18-16(8-20)21(11-27-19(23)25-21)15-7-12(2-3-17(15)28-18)13-6-14(22)10-24-9-13/h2-3,6-7,9-10,16,18,26H,4-5,8,11H2,1H3,(H2,23,25)/t16-,18-,20?,21-/m0/s1. The molecule has 146 valence electrons. The molecule has 5 rings (SSSR count). The fourth-order valence-electron chi connectivity index (χ4n) is 4.84. The first-order chi connectivity index (χ1) is 13.4. The number of aliphatic hydroxyl groups is 1. The van der Waals surface area contributed by atoms with Crippen LogP contribution in [0.4, 0.5) is 0 Å². The second-order valence-electron chi connectivity index (χ2n) is 8.27. The number of benzene rings is 1. The van der Waals surface area contributed by atoms with Crippen molar-refractivity contribution in [2.75, 3.05) is 6.61 Å². The van der Waals surface area contributed by atoms with Gasteiger partial charge in [0.15, 0.2) is 0 Å². The molecule has 0 bridgehead atoms. The minimum absolute atomic E-state index is 0.0162. The molecule has 4 atom stereocenters. The Morgan fingerprint density at radius 1 is 1.25 bits per heavy atom. The SMILES string of the molecule is CC1(O)CC[C@@H]2Oc3ccc(-c4cncc(Cl)c4)cc3[C@@]3(COC(N)=N3)[C@H]2C1. The van der Waals surface area contributed by atoms with Gasteiger partial charge in [-0.25, -0.2) is 4.99 Å². The highest BCUT2D eigenvalue weighted by molar-refractivity contribution is 6.30. The third-order valence-corrected chi connectivity index (χ3v) is 6.41. The van der Waals surface area contributed by atoms with E-state index < -0.39 is 11.1 Å². The number of nitrogens with two attached hydrogens (primary N) is 1. The predicted molar refractivity (Wildman–Crippen MR) is 106 cm³/mol. The summed E-state index contributed by atoms with van der Waals surface area (Å²) >= 11 is 6.13. The molecule has 0 saturated heterocycles. The lowest BCUT2D eigenvalue weighted by molar-refractivity contribution is -0.0805.